The molecule has 4 rings (SSSR count). The summed E-state index contributed by atoms with van der Waals surface area (Å²) in [6, 6.07) is 5.44. The summed E-state index contributed by atoms with van der Waals surface area (Å²) in [5, 5.41) is 4.17. The van der Waals surface area contributed by atoms with E-state index in [1.807, 2.05) is 47.7 Å². The van der Waals surface area contributed by atoms with Crippen molar-refractivity contribution >= 4 is 11.6 Å². The van der Waals surface area contributed by atoms with Gasteiger partial charge < -0.3 is 14.0 Å². The van der Waals surface area contributed by atoms with Crippen molar-refractivity contribution in [2.24, 2.45) is 5.41 Å². The minimum absolute atomic E-state index is 0.160. The van der Waals surface area contributed by atoms with Crippen LogP contribution in [0.25, 0.3) is 17.2 Å². The van der Waals surface area contributed by atoms with Gasteiger partial charge in [0.15, 0.2) is 11.4 Å². The molecule has 202 valence electrons. The number of nitrogens with zero attached hydrogens (tertiary/aromatic N) is 4. The van der Waals surface area contributed by atoms with Crippen LogP contribution in [-0.4, -0.2) is 31.1 Å². The fourth-order valence-corrected chi connectivity index (χ4v) is 4.22. The molecule has 0 saturated carbocycles. The number of hydrogen-bond acceptors (Lipinski definition) is 7. The Balaban J connectivity index is 1.59. The number of aryl methyl sites for hydroxylation is 2. The van der Waals surface area contributed by atoms with Crippen LogP contribution < -0.4 is 4.74 Å². The van der Waals surface area contributed by atoms with E-state index in [2.05, 4.69) is 15.1 Å². The number of halogens is 2. The molecule has 0 aliphatic carbocycles. The van der Waals surface area contributed by atoms with E-state index in [9.17, 15) is 13.6 Å². The van der Waals surface area contributed by atoms with E-state index in [4.69, 9.17) is 14.0 Å². The van der Waals surface area contributed by atoms with Gasteiger partial charge in [0, 0.05) is 12.6 Å². The van der Waals surface area contributed by atoms with Crippen molar-refractivity contribution in [3.8, 4) is 17.3 Å². The van der Waals surface area contributed by atoms with Crippen molar-refractivity contribution in [2.75, 3.05) is 0 Å². The SMILES string of the molecule is Cc1cc(OCc2c(F)cccc2F)c2nc(C)c(-c3noc(CC(C)(C)CC(=O)OC(C)(C)C)n3)n2c1. The summed E-state index contributed by atoms with van der Waals surface area (Å²) in [4.78, 5) is 21.5. The first-order valence-electron chi connectivity index (χ1n) is 12.3. The molecule has 0 bridgehead atoms. The summed E-state index contributed by atoms with van der Waals surface area (Å²) < 4.78 is 46.8. The van der Waals surface area contributed by atoms with E-state index in [-0.39, 0.29) is 24.6 Å². The third-order valence-electron chi connectivity index (χ3n) is 5.78. The summed E-state index contributed by atoms with van der Waals surface area (Å²) in [7, 11) is 0. The first-order valence-corrected chi connectivity index (χ1v) is 12.3. The first-order chi connectivity index (χ1) is 17.7. The molecule has 4 aromatic rings. The smallest absolute Gasteiger partial charge is 0.306 e. The van der Waals surface area contributed by atoms with Crippen molar-refractivity contribution < 1.29 is 27.6 Å². The Kier molecular flexibility index (Phi) is 7.27. The molecule has 38 heavy (non-hydrogen) atoms. The molecule has 0 amide bonds. The Morgan fingerprint density at radius 1 is 1.08 bits per heavy atom. The fraction of sp³-hybridized carbons (Fsp3) is 0.429. The largest absolute Gasteiger partial charge is 0.485 e. The van der Waals surface area contributed by atoms with E-state index in [0.29, 0.717) is 40.9 Å². The zero-order valence-electron chi connectivity index (χ0n) is 22.7. The Morgan fingerprint density at radius 3 is 2.42 bits per heavy atom. The molecule has 0 atom stereocenters. The lowest BCUT2D eigenvalue weighted by Gasteiger charge is -2.25. The second-order valence-corrected chi connectivity index (χ2v) is 11.2. The molecule has 0 aliphatic heterocycles. The van der Waals surface area contributed by atoms with Gasteiger partial charge in [-0.1, -0.05) is 25.1 Å². The van der Waals surface area contributed by atoms with Gasteiger partial charge in [-0.05, 0) is 63.8 Å². The lowest BCUT2D eigenvalue weighted by molar-refractivity contribution is -0.157. The van der Waals surface area contributed by atoms with Crippen LogP contribution in [0.2, 0.25) is 0 Å². The van der Waals surface area contributed by atoms with Crippen LogP contribution in [0.15, 0.2) is 35.0 Å². The summed E-state index contributed by atoms with van der Waals surface area (Å²) in [5.41, 5.74) is 1.32. The maximum absolute atomic E-state index is 14.1. The average Bonchev–Trinajstić information content (AvgIpc) is 3.33. The standard InChI is InChI=1S/C28H32F2N4O4/c1-16-11-21(36-15-18-19(29)9-8-10-20(18)30)26-31-17(2)24(34(26)14-16)25-32-22(38-33-25)12-28(6,7)13-23(35)37-27(3,4)5/h8-11,14H,12-13,15H2,1-7H3. The maximum atomic E-state index is 14.1. The monoisotopic (exact) mass is 526 g/mol. The molecule has 10 heteroatoms. The summed E-state index contributed by atoms with van der Waals surface area (Å²) in [6.07, 6.45) is 2.42. The molecule has 0 radical (unpaired) electrons. The van der Waals surface area contributed by atoms with E-state index in [1.165, 1.54) is 18.2 Å². The van der Waals surface area contributed by atoms with E-state index < -0.39 is 22.7 Å². The summed E-state index contributed by atoms with van der Waals surface area (Å²) in [5.74, 6) is -0.579. The average molecular weight is 527 g/mol. The lowest BCUT2D eigenvalue weighted by Crippen LogP contribution is -2.28. The highest BCUT2D eigenvalue weighted by Crippen LogP contribution is 2.31. The highest BCUT2D eigenvalue weighted by atomic mass is 19.1. The zero-order chi connectivity index (χ0) is 27.8. The van der Waals surface area contributed by atoms with Crippen molar-refractivity contribution in [3.63, 3.8) is 0 Å². The number of carbonyl (C=O) groups is 1. The number of aromatic nitrogens is 4. The van der Waals surface area contributed by atoms with Gasteiger partial charge in [0.1, 0.15) is 29.5 Å². The highest BCUT2D eigenvalue weighted by molar-refractivity contribution is 5.70. The quantitative estimate of drug-likeness (QED) is 0.254. The third kappa shape index (κ3) is 6.17. The molecule has 0 unspecified atom stereocenters. The van der Waals surface area contributed by atoms with Gasteiger partial charge in [-0.25, -0.2) is 13.8 Å². The number of rotatable bonds is 8. The number of ether oxygens (including phenoxy) is 2. The van der Waals surface area contributed by atoms with Crippen LogP contribution in [0.5, 0.6) is 5.75 Å². The van der Waals surface area contributed by atoms with Crippen LogP contribution in [-0.2, 0) is 22.6 Å². The van der Waals surface area contributed by atoms with Crippen molar-refractivity contribution in [2.45, 2.75) is 73.5 Å². The Bertz CT molecular complexity index is 1460. The number of pyridine rings is 1. The van der Waals surface area contributed by atoms with Crippen molar-refractivity contribution in [3.05, 3.63) is 64.8 Å². The molecule has 3 heterocycles. The van der Waals surface area contributed by atoms with Gasteiger partial charge >= 0.3 is 5.97 Å². The van der Waals surface area contributed by atoms with E-state index >= 15 is 0 Å². The van der Waals surface area contributed by atoms with Gasteiger partial charge in [0.25, 0.3) is 0 Å². The van der Waals surface area contributed by atoms with Gasteiger partial charge in [-0.3, -0.25) is 9.20 Å². The molecule has 0 N–H and O–H groups in total. The Labute approximate surface area is 220 Å². The Morgan fingerprint density at radius 2 is 1.76 bits per heavy atom. The van der Waals surface area contributed by atoms with Crippen LogP contribution >= 0.6 is 0 Å². The van der Waals surface area contributed by atoms with Crippen molar-refractivity contribution in [1.82, 2.24) is 19.5 Å². The van der Waals surface area contributed by atoms with Gasteiger partial charge in [0.05, 0.1) is 17.7 Å². The van der Waals surface area contributed by atoms with Crippen LogP contribution in [0, 0.1) is 30.9 Å². The molecular formula is C28H32F2N4O4. The molecule has 0 spiro atoms. The van der Waals surface area contributed by atoms with Crippen LogP contribution in [0.4, 0.5) is 8.78 Å². The number of esters is 1. The number of imidazole rings is 1. The minimum Gasteiger partial charge on any atom is -0.485 e. The van der Waals surface area contributed by atoms with Gasteiger partial charge in [-0.2, -0.15) is 4.98 Å². The molecule has 0 aliphatic rings. The maximum Gasteiger partial charge on any atom is 0.306 e. The first kappa shape index (κ1) is 27.2. The molecule has 3 aromatic heterocycles. The van der Waals surface area contributed by atoms with Gasteiger partial charge in [0.2, 0.25) is 11.7 Å². The van der Waals surface area contributed by atoms with Crippen molar-refractivity contribution in [1.29, 1.82) is 0 Å². The van der Waals surface area contributed by atoms with E-state index in [0.717, 1.165) is 5.56 Å². The van der Waals surface area contributed by atoms with Crippen LogP contribution in [0.1, 0.15) is 63.8 Å². The lowest BCUT2D eigenvalue weighted by atomic mass is 9.85. The molecule has 0 fully saturated rings. The number of benzene rings is 1. The Hall–Kier alpha value is -3.82. The predicted octanol–water partition coefficient (Wildman–Crippen LogP) is 6.16. The fourth-order valence-electron chi connectivity index (χ4n) is 4.22. The predicted molar refractivity (Wildman–Crippen MR) is 137 cm³/mol. The second-order valence-electron chi connectivity index (χ2n) is 11.2. The number of carbonyl (C=O) groups excluding carboxylic acids is 1. The molecular weight excluding hydrogens is 494 g/mol. The zero-order valence-corrected chi connectivity index (χ0v) is 22.7. The molecule has 0 saturated heterocycles. The normalized spacial score (nSPS) is 12.2. The molecule has 8 nitrogen and oxygen atoms in total. The summed E-state index contributed by atoms with van der Waals surface area (Å²) in [6.45, 7) is 12.7. The number of hydrogen-bond donors (Lipinski definition) is 0. The summed E-state index contributed by atoms with van der Waals surface area (Å²) >= 11 is 0. The second kappa shape index (κ2) is 10.2. The number of fused-ring (bicyclic) bond motifs is 1. The highest BCUT2D eigenvalue weighted by Gasteiger charge is 2.29. The minimum atomic E-state index is -0.678. The van der Waals surface area contributed by atoms with Crippen LogP contribution in [0.3, 0.4) is 0 Å². The van der Waals surface area contributed by atoms with Gasteiger partial charge in [-0.15, -0.1) is 0 Å². The molecule has 1 aromatic carbocycles. The topological polar surface area (TPSA) is 91.8 Å². The van der Waals surface area contributed by atoms with E-state index in [1.54, 1.807) is 17.4 Å². The third-order valence-corrected chi connectivity index (χ3v) is 5.78.